The molecule has 1 unspecified atom stereocenters. The van der Waals surface area contributed by atoms with Gasteiger partial charge in [0, 0.05) is 24.7 Å². The standard InChI is InChI=1S/C14H14N4O3/c19-13-8-10(9-18(13)11-4-2-1-3-5-11)15-14(20)16-12-6-7-21-17-12/h1-7,10H,8-9H2,(H2,15,16,17,20). The van der Waals surface area contributed by atoms with Crippen molar-refractivity contribution < 1.29 is 14.1 Å². The average molecular weight is 286 g/mol. The Morgan fingerprint density at radius 3 is 2.81 bits per heavy atom. The van der Waals surface area contributed by atoms with Gasteiger partial charge in [0.1, 0.15) is 6.26 Å². The van der Waals surface area contributed by atoms with Gasteiger partial charge in [-0.25, -0.2) is 4.79 Å². The van der Waals surface area contributed by atoms with E-state index in [1.165, 1.54) is 12.3 Å². The first-order valence-electron chi connectivity index (χ1n) is 6.55. The summed E-state index contributed by atoms with van der Waals surface area (Å²) in [5, 5.41) is 8.87. The molecule has 1 atom stereocenters. The Hall–Kier alpha value is -2.83. The number of hydrogen-bond acceptors (Lipinski definition) is 4. The summed E-state index contributed by atoms with van der Waals surface area (Å²) in [4.78, 5) is 25.5. The van der Waals surface area contributed by atoms with E-state index in [0.717, 1.165) is 5.69 Å². The van der Waals surface area contributed by atoms with Crippen molar-refractivity contribution in [2.45, 2.75) is 12.5 Å². The maximum Gasteiger partial charge on any atom is 0.320 e. The number of anilines is 2. The third kappa shape index (κ3) is 3.02. The fraction of sp³-hybridized carbons (Fsp3) is 0.214. The highest BCUT2D eigenvalue weighted by Gasteiger charge is 2.31. The van der Waals surface area contributed by atoms with Gasteiger partial charge in [0.15, 0.2) is 5.82 Å². The van der Waals surface area contributed by atoms with Gasteiger partial charge in [0.25, 0.3) is 0 Å². The molecule has 3 rings (SSSR count). The van der Waals surface area contributed by atoms with E-state index in [1.54, 1.807) is 4.90 Å². The molecule has 0 aliphatic carbocycles. The molecule has 3 amide bonds. The second-order valence-electron chi connectivity index (χ2n) is 4.72. The molecule has 2 N–H and O–H groups in total. The van der Waals surface area contributed by atoms with E-state index in [-0.39, 0.29) is 18.4 Å². The van der Waals surface area contributed by atoms with Crippen LogP contribution in [0.25, 0.3) is 0 Å². The molecule has 1 aromatic heterocycles. The van der Waals surface area contributed by atoms with E-state index in [4.69, 9.17) is 0 Å². The SMILES string of the molecule is O=C(Nc1ccon1)NC1CC(=O)N(c2ccccc2)C1. The van der Waals surface area contributed by atoms with Crippen LogP contribution in [-0.4, -0.2) is 29.7 Å². The van der Waals surface area contributed by atoms with Gasteiger partial charge in [-0.3, -0.25) is 10.1 Å². The van der Waals surface area contributed by atoms with Crippen LogP contribution in [-0.2, 0) is 4.79 Å². The molecule has 2 heterocycles. The molecule has 7 nitrogen and oxygen atoms in total. The summed E-state index contributed by atoms with van der Waals surface area (Å²) in [5.41, 5.74) is 0.837. The fourth-order valence-corrected chi connectivity index (χ4v) is 2.28. The Morgan fingerprint density at radius 1 is 1.29 bits per heavy atom. The molecule has 1 aromatic carbocycles. The zero-order chi connectivity index (χ0) is 14.7. The third-order valence-electron chi connectivity index (χ3n) is 3.21. The maximum atomic E-state index is 12.0. The number of nitrogens with one attached hydrogen (secondary N) is 2. The molecule has 21 heavy (non-hydrogen) atoms. The maximum absolute atomic E-state index is 12.0. The van der Waals surface area contributed by atoms with Crippen LogP contribution < -0.4 is 15.5 Å². The number of rotatable bonds is 3. The quantitative estimate of drug-likeness (QED) is 0.897. The molecule has 0 saturated carbocycles. The molecule has 7 heteroatoms. The number of hydrogen-bond donors (Lipinski definition) is 2. The lowest BCUT2D eigenvalue weighted by Crippen LogP contribution is -2.39. The summed E-state index contributed by atoms with van der Waals surface area (Å²) in [6.07, 6.45) is 1.65. The molecule has 1 aliphatic rings. The average Bonchev–Trinajstić information content (AvgIpc) is 3.09. The molecular formula is C14H14N4O3. The summed E-state index contributed by atoms with van der Waals surface area (Å²) in [6, 6.07) is 10.3. The topological polar surface area (TPSA) is 87.5 Å². The van der Waals surface area contributed by atoms with E-state index < -0.39 is 6.03 Å². The minimum atomic E-state index is -0.406. The van der Waals surface area contributed by atoms with E-state index in [9.17, 15) is 9.59 Å². The normalized spacial score (nSPS) is 17.8. The predicted molar refractivity (Wildman–Crippen MR) is 75.9 cm³/mol. The van der Waals surface area contributed by atoms with Gasteiger partial charge in [-0.05, 0) is 12.1 Å². The Labute approximate surface area is 120 Å². The lowest BCUT2D eigenvalue weighted by Gasteiger charge is -2.17. The summed E-state index contributed by atoms with van der Waals surface area (Å²) < 4.78 is 4.62. The second-order valence-corrected chi connectivity index (χ2v) is 4.72. The molecular weight excluding hydrogens is 272 g/mol. The van der Waals surface area contributed by atoms with Crippen molar-refractivity contribution in [1.82, 2.24) is 10.5 Å². The summed E-state index contributed by atoms with van der Waals surface area (Å²) in [7, 11) is 0. The minimum absolute atomic E-state index is 0.00654. The van der Waals surface area contributed by atoms with Crippen LogP contribution in [0.5, 0.6) is 0 Å². The van der Waals surface area contributed by atoms with Crippen molar-refractivity contribution in [2.75, 3.05) is 16.8 Å². The molecule has 1 fully saturated rings. The lowest BCUT2D eigenvalue weighted by molar-refractivity contribution is -0.117. The largest absolute Gasteiger partial charge is 0.363 e. The molecule has 0 bridgehead atoms. The van der Waals surface area contributed by atoms with Crippen LogP contribution in [0.4, 0.5) is 16.3 Å². The molecule has 0 radical (unpaired) electrons. The zero-order valence-corrected chi connectivity index (χ0v) is 11.2. The summed E-state index contributed by atoms with van der Waals surface area (Å²) in [6.45, 7) is 0.453. The van der Waals surface area contributed by atoms with Crippen LogP contribution in [0.2, 0.25) is 0 Å². The molecule has 0 spiro atoms. The van der Waals surface area contributed by atoms with Crippen molar-refractivity contribution in [3.63, 3.8) is 0 Å². The number of carbonyl (C=O) groups is 2. The lowest BCUT2D eigenvalue weighted by atomic mass is 10.2. The van der Waals surface area contributed by atoms with E-state index >= 15 is 0 Å². The number of para-hydroxylation sites is 1. The van der Waals surface area contributed by atoms with E-state index in [1.807, 2.05) is 30.3 Å². The second kappa shape index (κ2) is 5.66. The van der Waals surface area contributed by atoms with Crippen LogP contribution in [0.1, 0.15) is 6.42 Å². The molecule has 108 valence electrons. The highest BCUT2D eigenvalue weighted by atomic mass is 16.5. The van der Waals surface area contributed by atoms with Gasteiger partial charge in [-0.1, -0.05) is 23.4 Å². The first-order chi connectivity index (χ1) is 10.2. The summed E-state index contributed by atoms with van der Waals surface area (Å²) in [5.74, 6) is 0.324. The van der Waals surface area contributed by atoms with Crippen LogP contribution in [0, 0.1) is 0 Å². The van der Waals surface area contributed by atoms with Crippen LogP contribution in [0.3, 0.4) is 0 Å². The first-order valence-corrected chi connectivity index (χ1v) is 6.55. The zero-order valence-electron chi connectivity index (χ0n) is 11.2. The van der Waals surface area contributed by atoms with Crippen molar-refractivity contribution in [3.05, 3.63) is 42.7 Å². The van der Waals surface area contributed by atoms with Crippen LogP contribution >= 0.6 is 0 Å². The Morgan fingerprint density at radius 2 is 2.10 bits per heavy atom. The number of benzene rings is 1. The number of carbonyl (C=O) groups excluding carboxylic acids is 2. The Balaban J connectivity index is 1.59. The first kappa shape index (κ1) is 13.2. The summed E-state index contributed by atoms with van der Waals surface area (Å²) >= 11 is 0. The third-order valence-corrected chi connectivity index (χ3v) is 3.21. The van der Waals surface area contributed by atoms with Crippen molar-refractivity contribution >= 4 is 23.4 Å². The predicted octanol–water partition coefficient (Wildman–Crippen LogP) is 1.60. The monoisotopic (exact) mass is 286 g/mol. The highest BCUT2D eigenvalue weighted by Crippen LogP contribution is 2.21. The van der Waals surface area contributed by atoms with Crippen molar-refractivity contribution in [3.8, 4) is 0 Å². The number of nitrogens with zero attached hydrogens (tertiary/aromatic N) is 2. The van der Waals surface area contributed by atoms with Crippen molar-refractivity contribution in [2.24, 2.45) is 0 Å². The molecule has 1 aliphatic heterocycles. The van der Waals surface area contributed by atoms with Crippen LogP contribution in [0.15, 0.2) is 47.2 Å². The van der Waals surface area contributed by atoms with Gasteiger partial charge in [-0.15, -0.1) is 0 Å². The molecule has 2 aromatic rings. The van der Waals surface area contributed by atoms with Gasteiger partial charge >= 0.3 is 6.03 Å². The minimum Gasteiger partial charge on any atom is -0.363 e. The van der Waals surface area contributed by atoms with E-state index in [2.05, 4.69) is 20.3 Å². The van der Waals surface area contributed by atoms with Gasteiger partial charge in [-0.2, -0.15) is 0 Å². The Bertz CT molecular complexity index is 627. The number of aromatic nitrogens is 1. The van der Waals surface area contributed by atoms with Gasteiger partial charge in [0.2, 0.25) is 5.91 Å². The van der Waals surface area contributed by atoms with Gasteiger partial charge in [0.05, 0.1) is 6.04 Å². The number of urea groups is 1. The Kier molecular flexibility index (Phi) is 3.55. The molecule has 1 saturated heterocycles. The van der Waals surface area contributed by atoms with E-state index in [0.29, 0.717) is 12.4 Å². The smallest absolute Gasteiger partial charge is 0.320 e. The number of amides is 3. The van der Waals surface area contributed by atoms with Crippen molar-refractivity contribution in [1.29, 1.82) is 0 Å². The highest BCUT2D eigenvalue weighted by molar-refractivity contribution is 5.97. The fourth-order valence-electron chi connectivity index (χ4n) is 2.28. The van der Waals surface area contributed by atoms with Gasteiger partial charge < -0.3 is 14.7 Å².